The van der Waals surface area contributed by atoms with Crippen molar-refractivity contribution >= 4 is 5.97 Å². The van der Waals surface area contributed by atoms with E-state index in [-0.39, 0.29) is 24.9 Å². The zero-order chi connectivity index (χ0) is 34.4. The van der Waals surface area contributed by atoms with Crippen molar-refractivity contribution in [2.45, 2.75) is 124 Å². The second-order valence-electron chi connectivity index (χ2n) is 16.8. The Balaban J connectivity index is 1.16. The van der Waals surface area contributed by atoms with E-state index in [9.17, 15) is 35.4 Å². The van der Waals surface area contributed by atoms with Crippen LogP contribution in [-0.4, -0.2) is 121 Å². The van der Waals surface area contributed by atoms with Gasteiger partial charge in [-0.1, -0.05) is 13.8 Å². The van der Waals surface area contributed by atoms with Crippen molar-refractivity contribution in [1.82, 2.24) is 4.90 Å². The van der Waals surface area contributed by atoms with Gasteiger partial charge in [-0.25, -0.2) is 4.79 Å². The first-order valence-corrected chi connectivity index (χ1v) is 17.6. The maximum atomic E-state index is 13.5. The third-order valence-corrected chi connectivity index (χ3v) is 14.9. The number of carbonyl (C=O) groups excluding carboxylic acids is 1. The Morgan fingerprint density at radius 2 is 1.60 bits per heavy atom. The lowest BCUT2D eigenvalue weighted by Crippen LogP contribution is -2.85. The van der Waals surface area contributed by atoms with Gasteiger partial charge in [0.2, 0.25) is 5.79 Å². The number of hydrogen-bond acceptors (Lipinski definition) is 12. The van der Waals surface area contributed by atoms with Gasteiger partial charge in [0.05, 0.1) is 31.5 Å². The first-order valence-electron chi connectivity index (χ1n) is 17.6. The molecule has 7 aliphatic rings. The molecule has 0 radical (unpaired) electrons. The van der Waals surface area contributed by atoms with Gasteiger partial charge in [-0.15, -0.1) is 0 Å². The van der Waals surface area contributed by atoms with Crippen LogP contribution in [0.1, 0.15) is 82.5 Å². The quantitative estimate of drug-likeness (QED) is 0.253. The smallest absolute Gasteiger partial charge is 0.338 e. The molecule has 266 valence electrons. The normalized spacial score (nSPS) is 53.6. The molecule has 7 fully saturated rings. The van der Waals surface area contributed by atoms with Crippen LogP contribution in [0, 0.1) is 29.1 Å². The summed E-state index contributed by atoms with van der Waals surface area (Å²) in [4.78, 5) is 15.6. The molecule has 4 saturated carbocycles. The van der Waals surface area contributed by atoms with Gasteiger partial charge in [0, 0.05) is 55.1 Å². The molecule has 1 spiro atoms. The molecule has 3 heterocycles. The number of fused-ring (bicyclic) bond motifs is 5. The number of ether oxygens (including phenoxy) is 4. The lowest BCUT2D eigenvalue weighted by atomic mass is 9.49. The Labute approximate surface area is 280 Å². The van der Waals surface area contributed by atoms with Gasteiger partial charge in [-0.2, -0.15) is 0 Å². The Hall–Kier alpha value is -2.03. The van der Waals surface area contributed by atoms with E-state index in [1.807, 2.05) is 6.92 Å². The number of aliphatic hydroxyl groups excluding tert-OH is 1. The Morgan fingerprint density at radius 3 is 2.31 bits per heavy atom. The van der Waals surface area contributed by atoms with Gasteiger partial charge in [0.25, 0.3) is 0 Å². The Kier molecular flexibility index (Phi) is 6.94. The molecule has 48 heavy (non-hydrogen) atoms. The van der Waals surface area contributed by atoms with Crippen LogP contribution in [0.3, 0.4) is 0 Å². The predicted octanol–water partition coefficient (Wildman–Crippen LogP) is 1.36. The molecule has 0 amide bonds. The Morgan fingerprint density at radius 1 is 0.896 bits per heavy atom. The van der Waals surface area contributed by atoms with Crippen molar-refractivity contribution in [3.8, 4) is 11.5 Å². The molecule has 4 bridgehead atoms. The van der Waals surface area contributed by atoms with Crippen molar-refractivity contribution in [2.24, 2.45) is 29.1 Å². The standard InChI is InChI=1S/C36H51NO11/c1-19-6-11-26-31(3,40)35(43)25(17-37(26)16-19)33(42)18-34-24(32(33,41)15-27(35)38)10-9-23-30(34,2)13-12-28(36(23,44)48-34)47-29(39)20-7-8-21(45-4)22(14-20)46-5/h7-8,14,19,23-28,38,40-44H,6,9-13,15-18H2,1-5H3/t19-,23-,24-,25-,26-,27-,28-,30-,31+,32+,33-,34+,35+,36+/m0/s1. The van der Waals surface area contributed by atoms with Crippen LogP contribution in [0.2, 0.25) is 0 Å². The first-order chi connectivity index (χ1) is 22.5. The van der Waals surface area contributed by atoms with Crippen LogP contribution < -0.4 is 9.47 Å². The van der Waals surface area contributed by atoms with Gasteiger partial charge in [0.15, 0.2) is 17.6 Å². The summed E-state index contributed by atoms with van der Waals surface area (Å²) in [5, 5.41) is 74.7. The van der Waals surface area contributed by atoms with Gasteiger partial charge in [-0.3, -0.25) is 4.90 Å². The number of esters is 1. The highest BCUT2D eigenvalue weighted by molar-refractivity contribution is 5.90. The molecule has 4 aliphatic carbocycles. The molecule has 12 nitrogen and oxygen atoms in total. The van der Waals surface area contributed by atoms with Crippen LogP contribution in [0.15, 0.2) is 18.2 Å². The van der Waals surface area contributed by atoms with E-state index in [0.717, 1.165) is 6.42 Å². The second kappa shape index (κ2) is 10.1. The van der Waals surface area contributed by atoms with E-state index in [4.69, 9.17) is 18.9 Å². The summed E-state index contributed by atoms with van der Waals surface area (Å²) >= 11 is 0. The number of piperidine rings is 2. The number of benzene rings is 1. The zero-order valence-electron chi connectivity index (χ0n) is 28.5. The van der Waals surface area contributed by atoms with Gasteiger partial charge >= 0.3 is 5.97 Å². The summed E-state index contributed by atoms with van der Waals surface area (Å²) in [6.45, 7) is 6.57. The second-order valence-corrected chi connectivity index (χ2v) is 16.8. The van der Waals surface area contributed by atoms with Crippen molar-refractivity contribution in [3.63, 3.8) is 0 Å². The SMILES string of the molecule is COc1ccc(C(=O)O[C@H]2CC[C@@]3(C)[C@@H]4CC[C@H]5[C@]6(O)C[C@H](O)[C@]7(O)[C@@H](CN8C[C@@H](C)CC[C@H]8[C@@]7(C)O)[C@@]6(O)C[C@@]53O[C@@]24O)cc1OC. The van der Waals surface area contributed by atoms with Crippen molar-refractivity contribution in [2.75, 3.05) is 27.3 Å². The minimum atomic E-state index is -2.10. The fourth-order valence-electron chi connectivity index (χ4n) is 12.6. The van der Waals surface area contributed by atoms with E-state index >= 15 is 0 Å². The number of carbonyl (C=O) groups is 1. The van der Waals surface area contributed by atoms with Crippen molar-refractivity contribution in [3.05, 3.63) is 23.8 Å². The van der Waals surface area contributed by atoms with Crippen molar-refractivity contribution in [1.29, 1.82) is 0 Å². The van der Waals surface area contributed by atoms with Crippen LogP contribution in [0.25, 0.3) is 0 Å². The topological polar surface area (TPSA) is 179 Å². The van der Waals surface area contributed by atoms with Gasteiger partial charge in [0.1, 0.15) is 22.4 Å². The highest BCUT2D eigenvalue weighted by atomic mass is 16.7. The number of hydrogen-bond donors (Lipinski definition) is 6. The number of methoxy groups -OCH3 is 2. The van der Waals surface area contributed by atoms with E-state index in [1.165, 1.54) is 20.3 Å². The first kappa shape index (κ1) is 33.1. The minimum Gasteiger partial charge on any atom is -0.493 e. The largest absolute Gasteiger partial charge is 0.493 e. The molecule has 1 aromatic carbocycles. The molecular formula is C36H51NO11. The zero-order valence-corrected chi connectivity index (χ0v) is 28.5. The van der Waals surface area contributed by atoms with Crippen LogP contribution in [0.4, 0.5) is 0 Å². The maximum absolute atomic E-state index is 13.5. The highest BCUT2D eigenvalue weighted by Crippen LogP contribution is 2.78. The molecule has 12 heteroatoms. The fourth-order valence-corrected chi connectivity index (χ4v) is 12.6. The van der Waals surface area contributed by atoms with Crippen LogP contribution in [-0.2, 0) is 9.47 Å². The van der Waals surface area contributed by atoms with Crippen LogP contribution >= 0.6 is 0 Å². The maximum Gasteiger partial charge on any atom is 0.338 e. The van der Waals surface area contributed by atoms with E-state index < -0.39 is 81.2 Å². The van der Waals surface area contributed by atoms with Gasteiger partial charge in [-0.05, 0) is 69.6 Å². The molecule has 14 atom stereocenters. The summed E-state index contributed by atoms with van der Waals surface area (Å²) in [6.07, 6.45) is 0.172. The third kappa shape index (κ3) is 3.66. The third-order valence-electron chi connectivity index (χ3n) is 14.9. The molecule has 8 rings (SSSR count). The summed E-state index contributed by atoms with van der Waals surface area (Å²) in [7, 11) is 2.97. The Bertz CT molecular complexity index is 1520. The molecule has 3 saturated heterocycles. The fraction of sp³-hybridized carbons (Fsp3) is 0.806. The predicted molar refractivity (Wildman–Crippen MR) is 169 cm³/mol. The average Bonchev–Trinajstić information content (AvgIpc) is 3.21. The summed E-state index contributed by atoms with van der Waals surface area (Å²) in [5.41, 5.74) is -9.44. The molecule has 0 aromatic heterocycles. The molecule has 0 unspecified atom stereocenters. The average molecular weight is 674 g/mol. The van der Waals surface area contributed by atoms with Crippen LogP contribution in [0.5, 0.6) is 11.5 Å². The minimum absolute atomic E-state index is 0.101. The summed E-state index contributed by atoms with van der Waals surface area (Å²) in [5.74, 6) is -3.63. The van der Waals surface area contributed by atoms with E-state index in [1.54, 1.807) is 19.1 Å². The lowest BCUT2D eigenvalue weighted by Gasteiger charge is -2.68. The van der Waals surface area contributed by atoms with Crippen molar-refractivity contribution < 1.29 is 54.4 Å². The van der Waals surface area contributed by atoms with E-state index in [2.05, 4.69) is 11.8 Å². The lowest BCUT2D eigenvalue weighted by molar-refractivity contribution is -0.354. The number of aliphatic hydroxyl groups is 6. The summed E-state index contributed by atoms with van der Waals surface area (Å²) in [6, 6.07) is 4.28. The molecule has 1 aromatic rings. The molecule has 6 N–H and O–H groups in total. The monoisotopic (exact) mass is 673 g/mol. The summed E-state index contributed by atoms with van der Waals surface area (Å²) < 4.78 is 23.5. The highest BCUT2D eigenvalue weighted by Gasteiger charge is 2.88. The van der Waals surface area contributed by atoms with E-state index in [0.29, 0.717) is 56.1 Å². The number of rotatable bonds is 4. The number of nitrogens with zero attached hydrogens (tertiary/aromatic N) is 1. The molecular weight excluding hydrogens is 622 g/mol. The van der Waals surface area contributed by atoms with Gasteiger partial charge < -0.3 is 49.6 Å². The molecule has 3 aliphatic heterocycles.